The largest absolute Gasteiger partial charge is 0.492 e. The first-order chi connectivity index (χ1) is 10.8. The minimum absolute atomic E-state index is 0.567. The van der Waals surface area contributed by atoms with Crippen LogP contribution in [0.4, 0.5) is 0 Å². The normalized spacial score (nSPS) is 18.9. The zero-order valence-corrected chi connectivity index (χ0v) is 13.1. The van der Waals surface area contributed by atoms with Crippen molar-refractivity contribution in [2.45, 2.75) is 18.9 Å². The van der Waals surface area contributed by atoms with Crippen LogP contribution in [0.25, 0.3) is 12.2 Å². The van der Waals surface area contributed by atoms with E-state index >= 15 is 0 Å². The molecule has 0 radical (unpaired) electrons. The molecule has 0 unspecified atom stereocenters. The number of hydrogen-bond acceptors (Lipinski definition) is 2. The van der Waals surface area contributed by atoms with E-state index < -0.39 is 0 Å². The molecule has 0 amide bonds. The molecule has 1 heterocycles. The van der Waals surface area contributed by atoms with E-state index in [4.69, 9.17) is 4.74 Å². The summed E-state index contributed by atoms with van der Waals surface area (Å²) >= 11 is 0. The van der Waals surface area contributed by atoms with Crippen LogP contribution in [-0.2, 0) is 0 Å². The predicted molar refractivity (Wildman–Crippen MR) is 93.0 cm³/mol. The third-order valence-electron chi connectivity index (χ3n) is 4.26. The molecule has 22 heavy (non-hydrogen) atoms. The third-order valence-corrected chi connectivity index (χ3v) is 4.26. The molecule has 1 saturated heterocycles. The Morgan fingerprint density at radius 2 is 1.68 bits per heavy atom. The first-order valence-corrected chi connectivity index (χ1v) is 7.97. The molecule has 114 valence electrons. The van der Waals surface area contributed by atoms with Crippen molar-refractivity contribution in [1.29, 1.82) is 0 Å². The number of hydrogen-bond donors (Lipinski definition) is 0. The van der Waals surface area contributed by atoms with Gasteiger partial charge in [-0.3, -0.25) is 0 Å². The average molecular weight is 293 g/mol. The van der Waals surface area contributed by atoms with Gasteiger partial charge in [0, 0.05) is 6.04 Å². The van der Waals surface area contributed by atoms with Crippen molar-refractivity contribution in [3.63, 3.8) is 0 Å². The summed E-state index contributed by atoms with van der Waals surface area (Å²) in [5.74, 6) is 0.956. The summed E-state index contributed by atoms with van der Waals surface area (Å²) in [6, 6.07) is 19.2. The van der Waals surface area contributed by atoms with Gasteiger partial charge in [-0.15, -0.1) is 0 Å². The van der Waals surface area contributed by atoms with Crippen LogP contribution < -0.4 is 4.74 Å². The molecule has 1 aliphatic rings. The Morgan fingerprint density at radius 1 is 1.00 bits per heavy atom. The van der Waals surface area contributed by atoms with Crippen molar-refractivity contribution in [3.05, 3.63) is 65.7 Å². The molecule has 1 aliphatic heterocycles. The minimum Gasteiger partial charge on any atom is -0.492 e. The van der Waals surface area contributed by atoms with Crippen molar-refractivity contribution in [1.82, 2.24) is 4.90 Å². The molecule has 0 saturated carbocycles. The number of benzene rings is 2. The van der Waals surface area contributed by atoms with Gasteiger partial charge in [0.15, 0.2) is 0 Å². The van der Waals surface area contributed by atoms with Gasteiger partial charge in [-0.2, -0.15) is 0 Å². The van der Waals surface area contributed by atoms with E-state index in [9.17, 15) is 0 Å². The SMILES string of the molecule is CN1CCC[C@H]1COc1ccc(/C=C/c2ccccc2)cc1. The summed E-state index contributed by atoms with van der Waals surface area (Å²) in [4.78, 5) is 2.39. The lowest BCUT2D eigenvalue weighted by Gasteiger charge is -2.19. The summed E-state index contributed by atoms with van der Waals surface area (Å²) in [6.07, 6.45) is 6.79. The molecule has 2 heteroatoms. The quantitative estimate of drug-likeness (QED) is 0.761. The Balaban J connectivity index is 1.55. The Hall–Kier alpha value is -2.06. The fourth-order valence-corrected chi connectivity index (χ4v) is 2.81. The highest BCUT2D eigenvalue weighted by atomic mass is 16.5. The number of likely N-dealkylation sites (tertiary alicyclic amines) is 1. The Bertz CT molecular complexity index is 603. The lowest BCUT2D eigenvalue weighted by atomic mass is 10.1. The molecular formula is C20H23NO. The van der Waals surface area contributed by atoms with Crippen LogP contribution in [0.5, 0.6) is 5.75 Å². The molecule has 2 nitrogen and oxygen atoms in total. The fraction of sp³-hybridized carbons (Fsp3) is 0.300. The molecule has 1 fully saturated rings. The maximum atomic E-state index is 5.91. The fourth-order valence-electron chi connectivity index (χ4n) is 2.81. The van der Waals surface area contributed by atoms with E-state index in [1.807, 2.05) is 6.07 Å². The first kappa shape index (κ1) is 14.9. The monoisotopic (exact) mass is 293 g/mol. The maximum absolute atomic E-state index is 5.91. The van der Waals surface area contributed by atoms with E-state index in [1.165, 1.54) is 30.5 Å². The molecule has 0 bridgehead atoms. The zero-order chi connectivity index (χ0) is 15.2. The number of ether oxygens (including phenoxy) is 1. The topological polar surface area (TPSA) is 12.5 Å². The highest BCUT2D eigenvalue weighted by Gasteiger charge is 2.21. The van der Waals surface area contributed by atoms with Crippen molar-refractivity contribution in [2.75, 3.05) is 20.2 Å². The van der Waals surface area contributed by atoms with Crippen molar-refractivity contribution >= 4 is 12.2 Å². The van der Waals surface area contributed by atoms with Gasteiger partial charge < -0.3 is 9.64 Å². The van der Waals surface area contributed by atoms with Crippen molar-refractivity contribution in [2.24, 2.45) is 0 Å². The second kappa shape index (κ2) is 7.28. The van der Waals surface area contributed by atoms with Crippen LogP contribution in [0.2, 0.25) is 0 Å². The van der Waals surface area contributed by atoms with E-state index in [-0.39, 0.29) is 0 Å². The summed E-state index contributed by atoms with van der Waals surface area (Å²) in [5, 5.41) is 0. The van der Waals surface area contributed by atoms with Crippen LogP contribution >= 0.6 is 0 Å². The second-order valence-corrected chi connectivity index (χ2v) is 5.90. The summed E-state index contributed by atoms with van der Waals surface area (Å²) in [7, 11) is 2.18. The zero-order valence-electron chi connectivity index (χ0n) is 13.1. The Labute approximate surface area is 133 Å². The van der Waals surface area contributed by atoms with E-state index in [1.54, 1.807) is 0 Å². The third kappa shape index (κ3) is 3.99. The molecule has 0 aromatic heterocycles. The summed E-state index contributed by atoms with van der Waals surface area (Å²) in [6.45, 7) is 1.98. The van der Waals surface area contributed by atoms with Crippen molar-refractivity contribution in [3.8, 4) is 5.75 Å². The smallest absolute Gasteiger partial charge is 0.119 e. The second-order valence-electron chi connectivity index (χ2n) is 5.90. The van der Waals surface area contributed by atoms with Gasteiger partial charge in [-0.05, 0) is 49.7 Å². The van der Waals surface area contributed by atoms with Crippen LogP contribution in [0, 0.1) is 0 Å². The molecule has 0 aliphatic carbocycles. The lowest BCUT2D eigenvalue weighted by Crippen LogP contribution is -2.30. The highest BCUT2D eigenvalue weighted by Crippen LogP contribution is 2.18. The van der Waals surface area contributed by atoms with Gasteiger partial charge in [0.2, 0.25) is 0 Å². The minimum atomic E-state index is 0.567. The average Bonchev–Trinajstić information content (AvgIpc) is 2.98. The van der Waals surface area contributed by atoms with Gasteiger partial charge >= 0.3 is 0 Å². The molecule has 2 aromatic rings. The predicted octanol–water partition coefficient (Wildman–Crippen LogP) is 4.33. The van der Waals surface area contributed by atoms with E-state index in [0.717, 1.165) is 12.4 Å². The summed E-state index contributed by atoms with van der Waals surface area (Å²) in [5.41, 5.74) is 2.40. The van der Waals surface area contributed by atoms with E-state index in [0.29, 0.717) is 6.04 Å². The van der Waals surface area contributed by atoms with Gasteiger partial charge in [0.25, 0.3) is 0 Å². The van der Waals surface area contributed by atoms with Gasteiger partial charge in [0.05, 0.1) is 0 Å². The Kier molecular flexibility index (Phi) is 4.92. The first-order valence-electron chi connectivity index (χ1n) is 7.97. The van der Waals surface area contributed by atoms with Crippen LogP contribution in [0.15, 0.2) is 54.6 Å². The molecule has 1 atom stereocenters. The molecule has 3 rings (SSSR count). The molecule has 2 aromatic carbocycles. The molecule has 0 spiro atoms. The van der Waals surface area contributed by atoms with Gasteiger partial charge in [0.1, 0.15) is 12.4 Å². The van der Waals surface area contributed by atoms with E-state index in [2.05, 4.69) is 72.6 Å². The highest BCUT2D eigenvalue weighted by molar-refractivity contribution is 5.69. The molecule has 0 N–H and O–H groups in total. The van der Waals surface area contributed by atoms with Crippen LogP contribution in [0.3, 0.4) is 0 Å². The Morgan fingerprint density at radius 3 is 2.32 bits per heavy atom. The summed E-state index contributed by atoms with van der Waals surface area (Å²) < 4.78 is 5.91. The number of nitrogens with zero attached hydrogens (tertiary/aromatic N) is 1. The lowest BCUT2D eigenvalue weighted by molar-refractivity contribution is 0.198. The van der Waals surface area contributed by atoms with Crippen LogP contribution in [-0.4, -0.2) is 31.1 Å². The van der Waals surface area contributed by atoms with Crippen molar-refractivity contribution < 1.29 is 4.74 Å². The van der Waals surface area contributed by atoms with Gasteiger partial charge in [-0.1, -0.05) is 54.6 Å². The number of likely N-dealkylation sites (N-methyl/N-ethyl adjacent to an activating group) is 1. The standard InChI is InChI=1S/C20H23NO/c1-21-15-5-8-19(21)16-22-20-13-11-18(12-14-20)10-9-17-6-3-2-4-7-17/h2-4,6-7,9-14,19H,5,8,15-16H2,1H3/b10-9+/t19-/m0/s1. The van der Waals surface area contributed by atoms with Crippen LogP contribution in [0.1, 0.15) is 24.0 Å². The maximum Gasteiger partial charge on any atom is 0.119 e. The molecular weight excluding hydrogens is 270 g/mol. The van der Waals surface area contributed by atoms with Gasteiger partial charge in [-0.25, -0.2) is 0 Å². The number of rotatable bonds is 5.